The van der Waals surface area contributed by atoms with Gasteiger partial charge in [0.2, 0.25) is 0 Å². The Morgan fingerprint density at radius 3 is 2.88 bits per heavy atom. The number of carbonyl (C=O) groups is 2. The predicted molar refractivity (Wildman–Crippen MR) is 86.0 cm³/mol. The van der Waals surface area contributed by atoms with Crippen LogP contribution in [0.4, 0.5) is 0 Å². The predicted octanol–water partition coefficient (Wildman–Crippen LogP) is 2.30. The average Bonchev–Trinajstić information content (AvgIpc) is 3.12. The number of rotatable bonds is 5. The zero-order valence-electron chi connectivity index (χ0n) is 13.2. The van der Waals surface area contributed by atoms with E-state index in [0.29, 0.717) is 11.3 Å². The molecule has 0 aliphatic carbocycles. The van der Waals surface area contributed by atoms with Crippen LogP contribution in [0.5, 0.6) is 5.75 Å². The van der Waals surface area contributed by atoms with E-state index in [2.05, 4.69) is 5.32 Å². The SMILES string of the molecule is C[C@H](OC(=O)C1=Cc2ccccc2OC1)C(=O)NCc1ccco1. The second-order valence-corrected chi connectivity index (χ2v) is 5.34. The molecule has 1 atom stereocenters. The number of amides is 1. The Bertz CT molecular complexity index is 763. The smallest absolute Gasteiger partial charge is 0.338 e. The van der Waals surface area contributed by atoms with Crippen LogP contribution in [0.2, 0.25) is 0 Å². The van der Waals surface area contributed by atoms with Gasteiger partial charge in [0.05, 0.1) is 18.4 Å². The van der Waals surface area contributed by atoms with Gasteiger partial charge in [-0.2, -0.15) is 0 Å². The standard InChI is InChI=1S/C18H17NO5/c1-12(17(20)19-10-15-6-4-8-22-15)24-18(21)14-9-13-5-2-3-7-16(13)23-11-14/h2-9,12H,10-11H2,1H3,(H,19,20)/t12-/m0/s1. The van der Waals surface area contributed by atoms with Crippen molar-refractivity contribution in [1.82, 2.24) is 5.32 Å². The summed E-state index contributed by atoms with van der Waals surface area (Å²) in [6.45, 7) is 1.89. The third-order valence-corrected chi connectivity index (χ3v) is 3.56. The Labute approximate surface area is 139 Å². The number of hydrogen-bond donors (Lipinski definition) is 1. The third-order valence-electron chi connectivity index (χ3n) is 3.56. The van der Waals surface area contributed by atoms with Gasteiger partial charge in [-0.1, -0.05) is 18.2 Å². The monoisotopic (exact) mass is 327 g/mol. The van der Waals surface area contributed by atoms with E-state index in [1.165, 1.54) is 13.2 Å². The molecule has 0 bridgehead atoms. The first kappa shape index (κ1) is 15.9. The number of para-hydroxylation sites is 1. The zero-order chi connectivity index (χ0) is 16.9. The van der Waals surface area contributed by atoms with Crippen LogP contribution < -0.4 is 10.1 Å². The van der Waals surface area contributed by atoms with Gasteiger partial charge >= 0.3 is 5.97 Å². The topological polar surface area (TPSA) is 77.8 Å². The molecule has 0 spiro atoms. The van der Waals surface area contributed by atoms with Gasteiger partial charge in [-0.25, -0.2) is 4.79 Å². The summed E-state index contributed by atoms with van der Waals surface area (Å²) in [6, 6.07) is 10.9. The molecule has 1 aliphatic heterocycles. The molecule has 2 heterocycles. The second kappa shape index (κ2) is 7.04. The van der Waals surface area contributed by atoms with Crippen LogP contribution in [0.3, 0.4) is 0 Å². The largest absolute Gasteiger partial charge is 0.488 e. The lowest BCUT2D eigenvalue weighted by Crippen LogP contribution is -2.36. The number of ether oxygens (including phenoxy) is 2. The van der Waals surface area contributed by atoms with Crippen molar-refractivity contribution in [3.8, 4) is 5.75 Å². The molecule has 0 unspecified atom stereocenters. The van der Waals surface area contributed by atoms with Crippen LogP contribution in [-0.4, -0.2) is 24.6 Å². The third kappa shape index (κ3) is 3.65. The van der Waals surface area contributed by atoms with E-state index in [0.717, 1.165) is 11.3 Å². The lowest BCUT2D eigenvalue weighted by Gasteiger charge is -2.18. The lowest BCUT2D eigenvalue weighted by molar-refractivity contribution is -0.151. The summed E-state index contributed by atoms with van der Waals surface area (Å²) in [4.78, 5) is 24.2. The van der Waals surface area contributed by atoms with Gasteiger partial charge in [0.25, 0.3) is 5.91 Å². The molecule has 24 heavy (non-hydrogen) atoms. The van der Waals surface area contributed by atoms with Crippen molar-refractivity contribution in [2.75, 3.05) is 6.61 Å². The highest BCUT2D eigenvalue weighted by Crippen LogP contribution is 2.26. The van der Waals surface area contributed by atoms with E-state index >= 15 is 0 Å². The van der Waals surface area contributed by atoms with Gasteiger partial charge in [0.15, 0.2) is 6.10 Å². The summed E-state index contributed by atoms with van der Waals surface area (Å²) >= 11 is 0. The zero-order valence-corrected chi connectivity index (χ0v) is 13.2. The van der Waals surface area contributed by atoms with Crippen molar-refractivity contribution in [3.05, 3.63) is 59.6 Å². The van der Waals surface area contributed by atoms with Crippen molar-refractivity contribution in [2.24, 2.45) is 0 Å². The fourth-order valence-electron chi connectivity index (χ4n) is 2.25. The number of furan rings is 1. The highest BCUT2D eigenvalue weighted by atomic mass is 16.6. The molecule has 6 heteroatoms. The van der Waals surface area contributed by atoms with Gasteiger partial charge in [0.1, 0.15) is 18.1 Å². The molecule has 3 rings (SSSR count). The second-order valence-electron chi connectivity index (χ2n) is 5.34. The molecule has 1 aromatic heterocycles. The summed E-state index contributed by atoms with van der Waals surface area (Å²) in [6.07, 6.45) is 2.33. The minimum atomic E-state index is -0.912. The Balaban J connectivity index is 1.56. The normalized spacial score (nSPS) is 14.0. The number of nitrogens with one attached hydrogen (secondary N) is 1. The molecular weight excluding hydrogens is 310 g/mol. The van der Waals surface area contributed by atoms with E-state index in [1.54, 1.807) is 18.2 Å². The summed E-state index contributed by atoms with van der Waals surface area (Å²) in [7, 11) is 0. The molecule has 0 saturated heterocycles. The molecule has 0 radical (unpaired) electrons. The maximum atomic E-state index is 12.2. The first-order valence-electron chi connectivity index (χ1n) is 7.57. The molecule has 1 aliphatic rings. The number of hydrogen-bond acceptors (Lipinski definition) is 5. The number of esters is 1. The first-order chi connectivity index (χ1) is 11.6. The van der Waals surface area contributed by atoms with Crippen LogP contribution in [0.25, 0.3) is 6.08 Å². The number of carbonyl (C=O) groups excluding carboxylic acids is 2. The highest BCUT2D eigenvalue weighted by molar-refractivity contribution is 5.96. The van der Waals surface area contributed by atoms with Crippen molar-refractivity contribution >= 4 is 18.0 Å². The summed E-state index contributed by atoms with van der Waals surface area (Å²) in [5.41, 5.74) is 1.19. The molecule has 2 aromatic rings. The minimum Gasteiger partial charge on any atom is -0.488 e. The maximum absolute atomic E-state index is 12.2. The van der Waals surface area contributed by atoms with Gasteiger partial charge in [0, 0.05) is 5.56 Å². The molecule has 0 fully saturated rings. The van der Waals surface area contributed by atoms with Crippen LogP contribution in [0, 0.1) is 0 Å². The van der Waals surface area contributed by atoms with Crippen LogP contribution >= 0.6 is 0 Å². The Hall–Kier alpha value is -3.02. The van der Waals surface area contributed by atoms with E-state index in [9.17, 15) is 9.59 Å². The van der Waals surface area contributed by atoms with Crippen molar-refractivity contribution in [3.63, 3.8) is 0 Å². The lowest BCUT2D eigenvalue weighted by atomic mass is 10.1. The van der Waals surface area contributed by atoms with E-state index in [-0.39, 0.29) is 13.2 Å². The molecule has 124 valence electrons. The molecule has 1 amide bonds. The van der Waals surface area contributed by atoms with Gasteiger partial charge in [-0.15, -0.1) is 0 Å². The quantitative estimate of drug-likeness (QED) is 0.853. The van der Waals surface area contributed by atoms with Crippen LogP contribution in [0.1, 0.15) is 18.2 Å². The van der Waals surface area contributed by atoms with Crippen molar-refractivity contribution in [1.29, 1.82) is 0 Å². The Morgan fingerprint density at radius 2 is 2.08 bits per heavy atom. The summed E-state index contributed by atoms with van der Waals surface area (Å²) < 4.78 is 15.8. The minimum absolute atomic E-state index is 0.122. The maximum Gasteiger partial charge on any atom is 0.338 e. The fraction of sp³-hybridized carbons (Fsp3) is 0.222. The van der Waals surface area contributed by atoms with Gasteiger partial charge < -0.3 is 19.2 Å². The van der Waals surface area contributed by atoms with Crippen LogP contribution in [0.15, 0.2) is 52.7 Å². The van der Waals surface area contributed by atoms with E-state index in [4.69, 9.17) is 13.9 Å². The fourth-order valence-corrected chi connectivity index (χ4v) is 2.25. The summed E-state index contributed by atoms with van der Waals surface area (Å²) in [5, 5.41) is 2.65. The van der Waals surface area contributed by atoms with Gasteiger partial charge in [-0.05, 0) is 31.2 Å². The first-order valence-corrected chi connectivity index (χ1v) is 7.57. The molecular formula is C18H17NO5. The van der Waals surface area contributed by atoms with Crippen LogP contribution in [-0.2, 0) is 20.9 Å². The molecule has 0 saturated carbocycles. The Kier molecular flexibility index (Phi) is 4.65. The Morgan fingerprint density at radius 1 is 1.25 bits per heavy atom. The van der Waals surface area contributed by atoms with E-state index < -0.39 is 18.0 Å². The molecule has 6 nitrogen and oxygen atoms in total. The number of fused-ring (bicyclic) bond motifs is 1. The molecule has 1 N–H and O–H groups in total. The highest BCUT2D eigenvalue weighted by Gasteiger charge is 2.23. The van der Waals surface area contributed by atoms with Crippen molar-refractivity contribution in [2.45, 2.75) is 19.6 Å². The summed E-state index contributed by atoms with van der Waals surface area (Å²) in [5.74, 6) is 0.391. The van der Waals surface area contributed by atoms with E-state index in [1.807, 2.05) is 24.3 Å². The average molecular weight is 327 g/mol. The van der Waals surface area contributed by atoms with Crippen molar-refractivity contribution < 1.29 is 23.5 Å². The van der Waals surface area contributed by atoms with Gasteiger partial charge in [-0.3, -0.25) is 4.79 Å². The number of benzene rings is 1. The molecule has 1 aromatic carbocycles.